The standard InChI is InChI=1S/C12H17NO/c1-4-8-13(3)11(5-2)10-12-7-6-9-14-12/h1,6-7,9,11H,5,8,10H2,2-3H3. The van der Waals surface area contributed by atoms with Gasteiger partial charge in [0, 0.05) is 12.5 Å². The fourth-order valence-corrected chi connectivity index (χ4v) is 1.55. The molecule has 76 valence electrons. The van der Waals surface area contributed by atoms with Gasteiger partial charge in [-0.25, -0.2) is 0 Å². The van der Waals surface area contributed by atoms with E-state index in [1.807, 2.05) is 12.1 Å². The minimum Gasteiger partial charge on any atom is -0.469 e. The Kier molecular flexibility index (Phi) is 4.28. The summed E-state index contributed by atoms with van der Waals surface area (Å²) in [5, 5.41) is 0. The van der Waals surface area contributed by atoms with Crippen LogP contribution in [0.2, 0.25) is 0 Å². The molecule has 0 aliphatic rings. The Morgan fingerprint density at radius 3 is 2.93 bits per heavy atom. The number of likely N-dealkylation sites (N-methyl/N-ethyl adjacent to an activating group) is 1. The Balaban J connectivity index is 2.51. The van der Waals surface area contributed by atoms with Crippen LogP contribution in [0.1, 0.15) is 19.1 Å². The van der Waals surface area contributed by atoms with Crippen molar-refractivity contribution >= 4 is 0 Å². The maximum absolute atomic E-state index is 5.32. The minimum absolute atomic E-state index is 0.470. The van der Waals surface area contributed by atoms with Crippen molar-refractivity contribution in [1.82, 2.24) is 4.90 Å². The number of hydrogen-bond donors (Lipinski definition) is 0. The van der Waals surface area contributed by atoms with E-state index in [0.29, 0.717) is 12.6 Å². The third kappa shape index (κ3) is 2.93. The van der Waals surface area contributed by atoms with Crippen LogP contribution in [0, 0.1) is 12.3 Å². The van der Waals surface area contributed by atoms with Gasteiger partial charge in [-0.05, 0) is 25.6 Å². The lowest BCUT2D eigenvalue weighted by atomic mass is 10.1. The average molecular weight is 191 g/mol. The van der Waals surface area contributed by atoms with E-state index in [4.69, 9.17) is 10.8 Å². The van der Waals surface area contributed by atoms with Gasteiger partial charge in [0.1, 0.15) is 5.76 Å². The summed E-state index contributed by atoms with van der Waals surface area (Å²) < 4.78 is 5.32. The number of furan rings is 1. The number of nitrogens with zero attached hydrogens (tertiary/aromatic N) is 1. The van der Waals surface area contributed by atoms with Crippen LogP contribution >= 0.6 is 0 Å². The third-order valence-corrected chi connectivity index (χ3v) is 2.45. The molecule has 1 unspecified atom stereocenters. The van der Waals surface area contributed by atoms with Crippen molar-refractivity contribution in [2.45, 2.75) is 25.8 Å². The van der Waals surface area contributed by atoms with Crippen molar-refractivity contribution in [3.05, 3.63) is 24.2 Å². The van der Waals surface area contributed by atoms with E-state index in [1.54, 1.807) is 6.26 Å². The SMILES string of the molecule is C#CCN(C)C(CC)Cc1ccco1. The van der Waals surface area contributed by atoms with E-state index in [-0.39, 0.29) is 0 Å². The molecule has 0 bridgehead atoms. The van der Waals surface area contributed by atoms with E-state index in [2.05, 4.69) is 24.8 Å². The van der Waals surface area contributed by atoms with Gasteiger partial charge in [-0.15, -0.1) is 6.42 Å². The second kappa shape index (κ2) is 5.51. The molecule has 2 nitrogen and oxygen atoms in total. The van der Waals surface area contributed by atoms with Gasteiger partial charge in [0.25, 0.3) is 0 Å². The molecule has 0 amide bonds. The summed E-state index contributed by atoms with van der Waals surface area (Å²) in [6.07, 6.45) is 9.01. The molecule has 1 aromatic heterocycles. The van der Waals surface area contributed by atoms with Crippen LogP contribution in [0.15, 0.2) is 22.8 Å². The van der Waals surface area contributed by atoms with Gasteiger partial charge in [-0.2, -0.15) is 0 Å². The minimum atomic E-state index is 0.470. The van der Waals surface area contributed by atoms with E-state index in [1.165, 1.54) is 0 Å². The molecule has 1 atom stereocenters. The van der Waals surface area contributed by atoms with Crippen LogP contribution in [-0.2, 0) is 6.42 Å². The summed E-state index contributed by atoms with van der Waals surface area (Å²) in [6, 6.07) is 4.40. The fraction of sp³-hybridized carbons (Fsp3) is 0.500. The average Bonchev–Trinajstić information content (AvgIpc) is 2.66. The maximum Gasteiger partial charge on any atom is 0.105 e. The Labute approximate surface area is 85.9 Å². The first-order chi connectivity index (χ1) is 6.77. The van der Waals surface area contributed by atoms with E-state index in [0.717, 1.165) is 18.6 Å². The zero-order valence-electron chi connectivity index (χ0n) is 8.86. The van der Waals surface area contributed by atoms with Crippen LogP contribution < -0.4 is 0 Å². The zero-order chi connectivity index (χ0) is 10.4. The van der Waals surface area contributed by atoms with Crippen LogP contribution in [-0.4, -0.2) is 24.5 Å². The first kappa shape index (κ1) is 10.9. The fourth-order valence-electron chi connectivity index (χ4n) is 1.55. The second-order valence-electron chi connectivity index (χ2n) is 3.46. The molecule has 14 heavy (non-hydrogen) atoms. The summed E-state index contributed by atoms with van der Waals surface area (Å²) >= 11 is 0. The van der Waals surface area contributed by atoms with Crippen molar-refractivity contribution < 1.29 is 4.42 Å². The molecule has 1 rings (SSSR count). The van der Waals surface area contributed by atoms with Gasteiger partial charge in [0.2, 0.25) is 0 Å². The highest BCUT2D eigenvalue weighted by Gasteiger charge is 2.13. The van der Waals surface area contributed by atoms with Gasteiger partial charge in [-0.1, -0.05) is 12.8 Å². The van der Waals surface area contributed by atoms with E-state index in [9.17, 15) is 0 Å². The highest BCUT2D eigenvalue weighted by atomic mass is 16.3. The highest BCUT2D eigenvalue weighted by Crippen LogP contribution is 2.10. The van der Waals surface area contributed by atoms with Gasteiger partial charge in [-0.3, -0.25) is 4.90 Å². The highest BCUT2D eigenvalue weighted by molar-refractivity contribution is 5.01. The first-order valence-electron chi connectivity index (χ1n) is 4.94. The number of hydrogen-bond acceptors (Lipinski definition) is 2. The van der Waals surface area contributed by atoms with Crippen molar-refractivity contribution in [2.24, 2.45) is 0 Å². The molecule has 0 saturated heterocycles. The molecular weight excluding hydrogens is 174 g/mol. The second-order valence-corrected chi connectivity index (χ2v) is 3.46. The zero-order valence-corrected chi connectivity index (χ0v) is 8.86. The quantitative estimate of drug-likeness (QED) is 0.663. The summed E-state index contributed by atoms with van der Waals surface area (Å²) in [5.74, 6) is 3.69. The van der Waals surface area contributed by atoms with Gasteiger partial charge in [0.15, 0.2) is 0 Å². The monoisotopic (exact) mass is 191 g/mol. The Hall–Kier alpha value is -1.20. The predicted octanol–water partition coefficient (Wildman–Crippen LogP) is 2.17. The van der Waals surface area contributed by atoms with Gasteiger partial charge < -0.3 is 4.42 Å². The molecule has 0 radical (unpaired) electrons. The maximum atomic E-state index is 5.32. The van der Waals surface area contributed by atoms with Crippen LogP contribution in [0.3, 0.4) is 0 Å². The largest absolute Gasteiger partial charge is 0.469 e. The molecule has 0 spiro atoms. The molecule has 0 aliphatic heterocycles. The Morgan fingerprint density at radius 2 is 2.43 bits per heavy atom. The van der Waals surface area contributed by atoms with Gasteiger partial charge in [0.05, 0.1) is 12.8 Å². The number of terminal acetylenes is 1. The summed E-state index contributed by atoms with van der Waals surface area (Å²) in [6.45, 7) is 2.86. The topological polar surface area (TPSA) is 16.4 Å². The van der Waals surface area contributed by atoms with Crippen LogP contribution in [0.5, 0.6) is 0 Å². The van der Waals surface area contributed by atoms with Crippen LogP contribution in [0.4, 0.5) is 0 Å². The Bertz CT molecular complexity index is 284. The lowest BCUT2D eigenvalue weighted by Crippen LogP contribution is -2.33. The van der Waals surface area contributed by atoms with Crippen molar-refractivity contribution in [2.75, 3.05) is 13.6 Å². The lowest BCUT2D eigenvalue weighted by Gasteiger charge is -2.24. The molecule has 1 aromatic rings. The van der Waals surface area contributed by atoms with Crippen molar-refractivity contribution in [1.29, 1.82) is 0 Å². The predicted molar refractivity (Wildman–Crippen MR) is 58.0 cm³/mol. The molecule has 0 saturated carbocycles. The molecule has 0 aliphatic carbocycles. The molecule has 0 aromatic carbocycles. The first-order valence-corrected chi connectivity index (χ1v) is 4.94. The third-order valence-electron chi connectivity index (χ3n) is 2.45. The summed E-state index contributed by atoms with van der Waals surface area (Å²) in [7, 11) is 2.05. The van der Waals surface area contributed by atoms with Crippen LogP contribution in [0.25, 0.3) is 0 Å². The molecular formula is C12H17NO. The summed E-state index contributed by atoms with van der Waals surface area (Å²) in [4.78, 5) is 2.18. The molecule has 1 heterocycles. The normalized spacial score (nSPS) is 12.7. The number of rotatable bonds is 5. The molecule has 0 fully saturated rings. The van der Waals surface area contributed by atoms with Crippen molar-refractivity contribution in [3.8, 4) is 12.3 Å². The van der Waals surface area contributed by atoms with E-state index < -0.39 is 0 Å². The Morgan fingerprint density at radius 1 is 1.64 bits per heavy atom. The van der Waals surface area contributed by atoms with E-state index >= 15 is 0 Å². The summed E-state index contributed by atoms with van der Waals surface area (Å²) in [5.41, 5.74) is 0. The molecule has 2 heteroatoms. The smallest absolute Gasteiger partial charge is 0.105 e. The molecule has 0 N–H and O–H groups in total. The lowest BCUT2D eigenvalue weighted by molar-refractivity contribution is 0.250. The van der Waals surface area contributed by atoms with Gasteiger partial charge >= 0.3 is 0 Å². The van der Waals surface area contributed by atoms with Crippen molar-refractivity contribution in [3.63, 3.8) is 0 Å².